The van der Waals surface area contributed by atoms with Crippen LogP contribution < -0.4 is 0 Å². The van der Waals surface area contributed by atoms with Gasteiger partial charge >= 0.3 is 0 Å². The van der Waals surface area contributed by atoms with Gasteiger partial charge in [-0.25, -0.2) is 0 Å². The Kier molecular flexibility index (Phi) is 2.96. The molecule has 1 aromatic heterocycles. The minimum Gasteiger partial charge on any atom is -0.258 e. The summed E-state index contributed by atoms with van der Waals surface area (Å²) in [5, 5.41) is 19.1. The molecule has 0 N–H and O–H groups in total. The van der Waals surface area contributed by atoms with Gasteiger partial charge in [0, 0.05) is 12.1 Å². The van der Waals surface area contributed by atoms with Crippen molar-refractivity contribution in [2.24, 2.45) is 0 Å². The van der Waals surface area contributed by atoms with Gasteiger partial charge in [-0.15, -0.1) is 10.2 Å². The number of aromatic nitrogens is 3. The number of non-ortho nitro benzene ring substituents is 1. The molecule has 20 heavy (non-hydrogen) atoms. The molecule has 0 amide bonds. The van der Waals surface area contributed by atoms with Gasteiger partial charge in [-0.05, 0) is 17.7 Å². The zero-order valence-electron chi connectivity index (χ0n) is 10.4. The summed E-state index contributed by atoms with van der Waals surface area (Å²) in [6, 6.07) is 14.2. The van der Waals surface area contributed by atoms with E-state index >= 15 is 0 Å². The monoisotopic (exact) mass is 266 g/mol. The van der Waals surface area contributed by atoms with Gasteiger partial charge in [0.05, 0.1) is 11.1 Å². The van der Waals surface area contributed by atoms with Crippen LogP contribution in [-0.2, 0) is 0 Å². The topological polar surface area (TPSA) is 73.8 Å². The highest BCUT2D eigenvalue weighted by molar-refractivity contribution is 5.77. The van der Waals surface area contributed by atoms with E-state index in [2.05, 4.69) is 10.2 Å². The molecule has 3 rings (SSSR count). The minimum absolute atomic E-state index is 0.0107. The number of hydrogen-bond donors (Lipinski definition) is 0. The predicted octanol–water partition coefficient (Wildman–Crippen LogP) is 2.97. The summed E-state index contributed by atoms with van der Waals surface area (Å²) >= 11 is 0. The second-order valence-electron chi connectivity index (χ2n) is 4.18. The van der Waals surface area contributed by atoms with Gasteiger partial charge < -0.3 is 0 Å². The molecule has 6 heteroatoms. The van der Waals surface area contributed by atoms with E-state index in [4.69, 9.17) is 0 Å². The van der Waals surface area contributed by atoms with Gasteiger partial charge in [0.25, 0.3) is 5.69 Å². The van der Waals surface area contributed by atoms with Crippen LogP contribution in [0.3, 0.4) is 0 Å². The first-order valence-electron chi connectivity index (χ1n) is 5.96. The van der Waals surface area contributed by atoms with Gasteiger partial charge in [-0.1, -0.05) is 30.3 Å². The summed E-state index contributed by atoms with van der Waals surface area (Å²) in [5.41, 5.74) is 2.15. The molecule has 0 fully saturated rings. The summed E-state index contributed by atoms with van der Waals surface area (Å²) in [7, 11) is 0. The number of nitro benzene ring substituents is 1. The Bertz CT molecular complexity index is 793. The van der Waals surface area contributed by atoms with Crippen LogP contribution in [0.15, 0.2) is 48.5 Å². The predicted molar refractivity (Wildman–Crippen MR) is 75.8 cm³/mol. The van der Waals surface area contributed by atoms with Gasteiger partial charge in [0.1, 0.15) is 11.0 Å². The maximum atomic E-state index is 10.7. The number of fused-ring (bicyclic) bond motifs is 1. The molecule has 0 aliphatic carbocycles. The van der Waals surface area contributed by atoms with Crippen LogP contribution in [0.2, 0.25) is 0 Å². The van der Waals surface area contributed by atoms with Crippen LogP contribution in [0.4, 0.5) is 5.69 Å². The lowest BCUT2D eigenvalue weighted by Crippen LogP contribution is -1.90. The molecule has 0 atom stereocenters. The molecular formula is C14H10N4O2. The SMILES string of the molecule is O=[N+]([O-])c1ccc2nn(/C=C/c3ccccc3)nc2c1. The minimum atomic E-state index is -0.446. The third-order valence-electron chi connectivity index (χ3n) is 2.79. The van der Waals surface area contributed by atoms with Crippen molar-refractivity contribution in [3.05, 3.63) is 64.2 Å². The maximum absolute atomic E-state index is 10.7. The molecule has 0 radical (unpaired) electrons. The van der Waals surface area contributed by atoms with Gasteiger partial charge in [0.15, 0.2) is 0 Å². The molecule has 0 aliphatic rings. The van der Waals surface area contributed by atoms with E-state index in [0.29, 0.717) is 11.0 Å². The summed E-state index contributed by atoms with van der Waals surface area (Å²) in [4.78, 5) is 11.7. The Morgan fingerprint density at radius 2 is 1.80 bits per heavy atom. The van der Waals surface area contributed by atoms with Crippen LogP contribution in [-0.4, -0.2) is 19.9 Å². The fourth-order valence-electron chi connectivity index (χ4n) is 1.82. The lowest BCUT2D eigenvalue weighted by atomic mass is 10.2. The van der Waals surface area contributed by atoms with E-state index in [1.807, 2.05) is 36.4 Å². The highest BCUT2D eigenvalue weighted by Crippen LogP contribution is 2.17. The Labute approximate surface area is 114 Å². The second kappa shape index (κ2) is 4.93. The van der Waals surface area contributed by atoms with Crippen molar-refractivity contribution < 1.29 is 4.92 Å². The largest absolute Gasteiger partial charge is 0.271 e. The number of benzene rings is 2. The molecule has 2 aromatic carbocycles. The average molecular weight is 266 g/mol. The molecule has 0 spiro atoms. The van der Waals surface area contributed by atoms with Gasteiger partial charge in [-0.3, -0.25) is 10.1 Å². The maximum Gasteiger partial charge on any atom is 0.271 e. The first kappa shape index (κ1) is 12.0. The highest BCUT2D eigenvalue weighted by atomic mass is 16.6. The Morgan fingerprint density at radius 3 is 2.55 bits per heavy atom. The Balaban J connectivity index is 1.93. The molecular weight excluding hydrogens is 256 g/mol. The normalized spacial score (nSPS) is 11.2. The van der Waals surface area contributed by atoms with Crippen LogP contribution in [0.1, 0.15) is 5.56 Å². The van der Waals surface area contributed by atoms with Crippen molar-refractivity contribution in [3.8, 4) is 0 Å². The summed E-state index contributed by atoms with van der Waals surface area (Å²) < 4.78 is 0. The fourth-order valence-corrected chi connectivity index (χ4v) is 1.82. The molecule has 6 nitrogen and oxygen atoms in total. The molecule has 0 bridgehead atoms. The first-order valence-corrected chi connectivity index (χ1v) is 5.96. The van der Waals surface area contributed by atoms with E-state index in [-0.39, 0.29) is 5.69 Å². The van der Waals surface area contributed by atoms with Crippen LogP contribution >= 0.6 is 0 Å². The third-order valence-corrected chi connectivity index (χ3v) is 2.79. The lowest BCUT2D eigenvalue weighted by Gasteiger charge is -1.90. The first-order chi connectivity index (χ1) is 9.72. The van der Waals surface area contributed by atoms with Crippen LogP contribution in [0.25, 0.3) is 23.3 Å². The van der Waals surface area contributed by atoms with Crippen LogP contribution in [0, 0.1) is 10.1 Å². The van der Waals surface area contributed by atoms with Crippen molar-refractivity contribution in [3.63, 3.8) is 0 Å². The van der Waals surface area contributed by atoms with Crippen molar-refractivity contribution >= 4 is 29.0 Å². The van der Waals surface area contributed by atoms with Gasteiger partial charge in [-0.2, -0.15) is 4.80 Å². The number of nitrogens with zero attached hydrogens (tertiary/aromatic N) is 4. The smallest absolute Gasteiger partial charge is 0.258 e. The van der Waals surface area contributed by atoms with Gasteiger partial charge in [0.2, 0.25) is 0 Å². The van der Waals surface area contributed by atoms with E-state index in [1.54, 1.807) is 12.3 Å². The molecule has 0 aliphatic heterocycles. The number of nitro groups is 1. The fraction of sp³-hybridized carbons (Fsp3) is 0. The zero-order chi connectivity index (χ0) is 13.9. The standard InChI is InChI=1S/C14H10N4O2/c19-18(20)12-6-7-13-14(10-12)16-17(15-13)9-8-11-4-2-1-3-5-11/h1-10H/b9-8+. The molecule has 0 saturated heterocycles. The van der Waals surface area contributed by atoms with Crippen LogP contribution in [0.5, 0.6) is 0 Å². The van der Waals surface area contributed by atoms with E-state index in [0.717, 1.165) is 5.56 Å². The van der Waals surface area contributed by atoms with Crippen molar-refractivity contribution in [2.75, 3.05) is 0 Å². The lowest BCUT2D eigenvalue weighted by molar-refractivity contribution is -0.384. The number of hydrogen-bond acceptors (Lipinski definition) is 4. The Hall–Kier alpha value is -3.02. The summed E-state index contributed by atoms with van der Waals surface area (Å²) in [6.07, 6.45) is 3.58. The molecule has 3 aromatic rings. The van der Waals surface area contributed by atoms with Crippen molar-refractivity contribution in [1.82, 2.24) is 15.0 Å². The van der Waals surface area contributed by atoms with E-state index < -0.39 is 4.92 Å². The molecule has 98 valence electrons. The summed E-state index contributed by atoms with van der Waals surface area (Å²) in [5.74, 6) is 0. The summed E-state index contributed by atoms with van der Waals surface area (Å²) in [6.45, 7) is 0. The molecule has 0 unspecified atom stereocenters. The second-order valence-corrected chi connectivity index (χ2v) is 4.18. The van der Waals surface area contributed by atoms with E-state index in [9.17, 15) is 10.1 Å². The highest BCUT2D eigenvalue weighted by Gasteiger charge is 2.09. The van der Waals surface area contributed by atoms with Crippen molar-refractivity contribution in [1.29, 1.82) is 0 Å². The average Bonchev–Trinajstić information content (AvgIpc) is 2.88. The quantitative estimate of drug-likeness (QED) is 0.539. The Morgan fingerprint density at radius 1 is 1.05 bits per heavy atom. The zero-order valence-corrected chi connectivity index (χ0v) is 10.4. The molecule has 1 heterocycles. The van der Waals surface area contributed by atoms with E-state index in [1.165, 1.54) is 16.9 Å². The number of rotatable bonds is 3. The van der Waals surface area contributed by atoms with Crippen molar-refractivity contribution in [2.45, 2.75) is 0 Å². The third kappa shape index (κ3) is 2.39. The molecule has 0 saturated carbocycles.